The van der Waals surface area contributed by atoms with Gasteiger partial charge in [0.1, 0.15) is 23.9 Å². The van der Waals surface area contributed by atoms with Crippen LogP contribution in [0.25, 0.3) is 0 Å². The van der Waals surface area contributed by atoms with E-state index in [0.717, 1.165) is 22.9 Å². The molecule has 2 aromatic carbocycles. The molecule has 0 unspecified atom stereocenters. The Bertz CT molecular complexity index is 662. The van der Waals surface area contributed by atoms with Crippen LogP contribution in [0.15, 0.2) is 48.5 Å². The molecule has 0 bridgehead atoms. The molecule has 0 fully saturated rings. The van der Waals surface area contributed by atoms with Gasteiger partial charge in [-0.3, -0.25) is 0 Å². The Kier molecular flexibility index (Phi) is 6.69. The van der Waals surface area contributed by atoms with Crippen LogP contribution in [0.2, 0.25) is 0 Å². The zero-order valence-corrected chi connectivity index (χ0v) is 14.9. The van der Waals surface area contributed by atoms with E-state index in [0.29, 0.717) is 18.3 Å². The number of likely N-dealkylation sites (N-methyl/N-ethyl adjacent to an activating group) is 1. The Morgan fingerprint density at radius 3 is 2.33 bits per heavy atom. The first-order valence-electron chi connectivity index (χ1n) is 7.55. The summed E-state index contributed by atoms with van der Waals surface area (Å²) in [6, 6.07) is 15.1. The first kappa shape index (κ1) is 17.9. The normalized spacial score (nSPS) is 9.96. The number of rotatable bonds is 7. The minimum atomic E-state index is 0.531. The van der Waals surface area contributed by atoms with E-state index in [1.165, 1.54) is 0 Å². The van der Waals surface area contributed by atoms with Crippen molar-refractivity contribution in [2.75, 3.05) is 39.7 Å². The molecule has 128 valence electrons. The molecule has 0 aliphatic rings. The Balaban J connectivity index is 1.78. The largest absolute Gasteiger partial charge is 0.497 e. The van der Waals surface area contributed by atoms with Crippen LogP contribution in [0.5, 0.6) is 17.2 Å². The number of benzene rings is 2. The van der Waals surface area contributed by atoms with Gasteiger partial charge in [-0.1, -0.05) is 6.07 Å². The van der Waals surface area contributed by atoms with Crippen molar-refractivity contribution in [1.82, 2.24) is 4.90 Å². The van der Waals surface area contributed by atoms with Crippen LogP contribution in [-0.4, -0.2) is 44.4 Å². The molecule has 0 aromatic heterocycles. The number of hydrogen-bond acceptors (Lipinski definition) is 4. The molecule has 0 heterocycles. The summed E-state index contributed by atoms with van der Waals surface area (Å²) in [6.07, 6.45) is 0. The van der Waals surface area contributed by atoms with E-state index in [1.807, 2.05) is 60.5 Å². The predicted molar refractivity (Wildman–Crippen MR) is 100 cm³/mol. The Hall–Kier alpha value is -2.47. The van der Waals surface area contributed by atoms with Gasteiger partial charge < -0.3 is 24.4 Å². The van der Waals surface area contributed by atoms with E-state index < -0.39 is 0 Å². The van der Waals surface area contributed by atoms with Crippen LogP contribution in [0.4, 0.5) is 5.69 Å². The molecule has 24 heavy (non-hydrogen) atoms. The molecule has 0 aliphatic carbocycles. The molecule has 0 atom stereocenters. The molecular weight excluding hydrogens is 324 g/mol. The summed E-state index contributed by atoms with van der Waals surface area (Å²) in [5.41, 5.74) is 0.891. The van der Waals surface area contributed by atoms with Crippen molar-refractivity contribution in [3.63, 3.8) is 0 Å². The number of methoxy groups -OCH3 is 2. The SMILES string of the molecule is COc1ccc(OCCN(C)C(=S)Nc2cccc(OC)c2)cc1. The van der Waals surface area contributed by atoms with Crippen LogP contribution in [-0.2, 0) is 0 Å². The quantitative estimate of drug-likeness (QED) is 0.775. The minimum absolute atomic E-state index is 0.531. The maximum absolute atomic E-state index is 5.71. The summed E-state index contributed by atoms with van der Waals surface area (Å²) in [5.74, 6) is 2.40. The summed E-state index contributed by atoms with van der Waals surface area (Å²) in [6.45, 7) is 1.20. The average Bonchev–Trinajstić information content (AvgIpc) is 2.62. The molecule has 0 saturated heterocycles. The number of anilines is 1. The van der Waals surface area contributed by atoms with Gasteiger partial charge in [-0.25, -0.2) is 0 Å². The highest BCUT2D eigenvalue weighted by Gasteiger charge is 2.06. The van der Waals surface area contributed by atoms with Crippen molar-refractivity contribution in [1.29, 1.82) is 0 Å². The van der Waals surface area contributed by atoms with Gasteiger partial charge in [-0.05, 0) is 48.6 Å². The lowest BCUT2D eigenvalue weighted by Gasteiger charge is -2.21. The summed E-state index contributed by atoms with van der Waals surface area (Å²) in [7, 11) is 5.20. The van der Waals surface area contributed by atoms with Crippen LogP contribution < -0.4 is 19.5 Å². The maximum atomic E-state index is 5.71. The third-order valence-electron chi connectivity index (χ3n) is 3.42. The van der Waals surface area contributed by atoms with Crippen LogP contribution in [0.3, 0.4) is 0 Å². The van der Waals surface area contributed by atoms with E-state index >= 15 is 0 Å². The zero-order valence-electron chi connectivity index (χ0n) is 14.1. The third kappa shape index (κ3) is 5.31. The molecule has 0 saturated carbocycles. The molecule has 5 nitrogen and oxygen atoms in total. The third-order valence-corrected chi connectivity index (χ3v) is 3.84. The van der Waals surface area contributed by atoms with Gasteiger partial charge in [0, 0.05) is 18.8 Å². The highest BCUT2D eigenvalue weighted by atomic mass is 32.1. The fourth-order valence-corrected chi connectivity index (χ4v) is 2.20. The topological polar surface area (TPSA) is 43.0 Å². The summed E-state index contributed by atoms with van der Waals surface area (Å²) in [5, 5.41) is 3.81. The second kappa shape index (κ2) is 8.98. The van der Waals surface area contributed by atoms with Crippen molar-refractivity contribution in [3.8, 4) is 17.2 Å². The molecule has 6 heteroatoms. The maximum Gasteiger partial charge on any atom is 0.173 e. The van der Waals surface area contributed by atoms with Gasteiger partial charge >= 0.3 is 0 Å². The van der Waals surface area contributed by atoms with Gasteiger partial charge in [0.2, 0.25) is 0 Å². The zero-order chi connectivity index (χ0) is 17.4. The smallest absolute Gasteiger partial charge is 0.173 e. The first-order chi connectivity index (χ1) is 11.6. The van der Waals surface area contributed by atoms with Crippen molar-refractivity contribution in [3.05, 3.63) is 48.5 Å². The number of hydrogen-bond donors (Lipinski definition) is 1. The van der Waals surface area contributed by atoms with Gasteiger partial charge in [-0.2, -0.15) is 0 Å². The Morgan fingerprint density at radius 2 is 1.67 bits per heavy atom. The lowest BCUT2D eigenvalue weighted by Crippen LogP contribution is -2.34. The molecular formula is C18H22N2O3S. The standard InChI is InChI=1S/C18H22N2O3S/c1-20(11-12-23-16-9-7-15(21-2)8-10-16)18(24)19-14-5-4-6-17(13-14)22-3/h4-10,13H,11-12H2,1-3H3,(H,19,24). The van der Waals surface area contributed by atoms with E-state index in [2.05, 4.69) is 5.32 Å². The van der Waals surface area contributed by atoms with Gasteiger partial charge in [0.05, 0.1) is 20.8 Å². The molecule has 0 radical (unpaired) electrons. The highest BCUT2D eigenvalue weighted by Crippen LogP contribution is 2.18. The monoisotopic (exact) mass is 346 g/mol. The number of nitrogens with one attached hydrogen (secondary N) is 1. The van der Waals surface area contributed by atoms with Crippen molar-refractivity contribution in [2.45, 2.75) is 0 Å². The number of nitrogens with zero attached hydrogens (tertiary/aromatic N) is 1. The van der Waals surface area contributed by atoms with E-state index in [4.69, 9.17) is 26.4 Å². The number of thiocarbonyl (C=S) groups is 1. The van der Waals surface area contributed by atoms with E-state index in [9.17, 15) is 0 Å². The number of ether oxygens (including phenoxy) is 3. The van der Waals surface area contributed by atoms with Gasteiger partial charge in [-0.15, -0.1) is 0 Å². The van der Waals surface area contributed by atoms with Crippen LogP contribution >= 0.6 is 12.2 Å². The summed E-state index contributed by atoms with van der Waals surface area (Å²) >= 11 is 5.40. The van der Waals surface area contributed by atoms with Crippen molar-refractivity contribution in [2.24, 2.45) is 0 Å². The Labute approximate surface area is 148 Å². The average molecular weight is 346 g/mol. The lowest BCUT2D eigenvalue weighted by molar-refractivity contribution is 0.285. The van der Waals surface area contributed by atoms with Gasteiger partial charge in [0.25, 0.3) is 0 Å². The highest BCUT2D eigenvalue weighted by molar-refractivity contribution is 7.80. The summed E-state index contributed by atoms with van der Waals surface area (Å²) in [4.78, 5) is 1.93. The second-order valence-electron chi connectivity index (χ2n) is 5.11. The van der Waals surface area contributed by atoms with Crippen molar-refractivity contribution >= 4 is 23.0 Å². The molecule has 1 N–H and O–H groups in total. The molecule has 2 rings (SSSR count). The van der Waals surface area contributed by atoms with E-state index in [-0.39, 0.29) is 0 Å². The second-order valence-corrected chi connectivity index (χ2v) is 5.49. The van der Waals surface area contributed by atoms with Crippen molar-refractivity contribution < 1.29 is 14.2 Å². The molecule has 2 aromatic rings. The first-order valence-corrected chi connectivity index (χ1v) is 7.96. The lowest BCUT2D eigenvalue weighted by atomic mass is 10.3. The molecule has 0 amide bonds. The Morgan fingerprint density at radius 1 is 1.00 bits per heavy atom. The molecule has 0 spiro atoms. The predicted octanol–water partition coefficient (Wildman–Crippen LogP) is 3.41. The van der Waals surface area contributed by atoms with Crippen LogP contribution in [0.1, 0.15) is 0 Å². The van der Waals surface area contributed by atoms with E-state index in [1.54, 1.807) is 14.2 Å². The van der Waals surface area contributed by atoms with Crippen LogP contribution in [0, 0.1) is 0 Å². The summed E-state index contributed by atoms with van der Waals surface area (Å²) < 4.78 is 16.0. The fourth-order valence-electron chi connectivity index (χ4n) is 1.99. The van der Waals surface area contributed by atoms with Gasteiger partial charge in [0.15, 0.2) is 5.11 Å². The molecule has 0 aliphatic heterocycles. The fraction of sp³-hybridized carbons (Fsp3) is 0.278. The minimum Gasteiger partial charge on any atom is -0.497 e.